The summed E-state index contributed by atoms with van der Waals surface area (Å²) in [5.41, 5.74) is -4.28. The van der Waals surface area contributed by atoms with Crippen molar-refractivity contribution in [3.05, 3.63) is 45.5 Å². The molecule has 1 fully saturated rings. The second kappa shape index (κ2) is 5.67. The highest BCUT2D eigenvalue weighted by Gasteiger charge is 2.78. The van der Waals surface area contributed by atoms with Crippen LogP contribution in [0.5, 0.6) is 0 Å². The molecule has 0 heterocycles. The highest BCUT2D eigenvalue weighted by atomic mass is 35.5. The van der Waals surface area contributed by atoms with Gasteiger partial charge in [0.2, 0.25) is 0 Å². The van der Waals surface area contributed by atoms with Gasteiger partial charge in [-0.1, -0.05) is 37.0 Å². The standard InChI is InChI=1S/C15H12Cl2F4O2/c1-6-14(2,5-9(16)17)15(6,13(22)23-3)10-11(20)7(18)4-8(19)12(10)21/h4-6H,1-3H3/t6-,14?,15-/m1/s1. The molecule has 0 spiro atoms. The zero-order chi connectivity index (χ0) is 17.7. The Morgan fingerprint density at radius 3 is 2.09 bits per heavy atom. The van der Waals surface area contributed by atoms with Crippen LogP contribution in [0.4, 0.5) is 17.6 Å². The first-order valence-corrected chi connectivity index (χ1v) is 7.27. The predicted octanol–water partition coefficient (Wildman–Crippen LogP) is 4.63. The van der Waals surface area contributed by atoms with E-state index in [1.54, 1.807) is 0 Å². The van der Waals surface area contributed by atoms with Crippen molar-refractivity contribution in [1.29, 1.82) is 0 Å². The van der Waals surface area contributed by atoms with Crippen LogP contribution in [0.1, 0.15) is 19.4 Å². The van der Waals surface area contributed by atoms with Crippen LogP contribution in [-0.2, 0) is 14.9 Å². The molecule has 23 heavy (non-hydrogen) atoms. The molecule has 1 saturated carbocycles. The minimum absolute atomic E-state index is 0.0773. The maximum atomic E-state index is 14.3. The molecule has 0 amide bonds. The van der Waals surface area contributed by atoms with E-state index in [4.69, 9.17) is 23.2 Å². The van der Waals surface area contributed by atoms with Gasteiger partial charge in [0.25, 0.3) is 0 Å². The van der Waals surface area contributed by atoms with E-state index in [1.807, 2.05) is 0 Å². The Balaban J connectivity index is 2.85. The molecule has 8 heteroatoms. The normalized spacial score (nSPS) is 29.2. The molecule has 3 atom stereocenters. The number of allylic oxidation sites excluding steroid dienone is 1. The van der Waals surface area contributed by atoms with Crippen molar-refractivity contribution in [2.24, 2.45) is 11.3 Å². The number of carbonyl (C=O) groups excluding carboxylic acids is 1. The summed E-state index contributed by atoms with van der Waals surface area (Å²) in [5, 5.41) is 0. The summed E-state index contributed by atoms with van der Waals surface area (Å²) in [6.45, 7) is 2.92. The Kier molecular flexibility index (Phi) is 4.45. The molecule has 0 N–H and O–H groups in total. The minimum Gasteiger partial charge on any atom is -0.468 e. The summed E-state index contributed by atoms with van der Waals surface area (Å²) in [6.07, 6.45) is 1.21. The van der Waals surface area contributed by atoms with Gasteiger partial charge in [0.1, 0.15) is 9.91 Å². The predicted molar refractivity (Wildman–Crippen MR) is 77.0 cm³/mol. The van der Waals surface area contributed by atoms with E-state index in [0.717, 1.165) is 7.11 Å². The van der Waals surface area contributed by atoms with Gasteiger partial charge in [-0.05, 0) is 12.0 Å². The fourth-order valence-electron chi connectivity index (χ4n) is 3.40. The second-order valence-electron chi connectivity index (χ2n) is 5.58. The lowest BCUT2D eigenvalue weighted by atomic mass is 9.85. The number of hydrogen-bond acceptors (Lipinski definition) is 2. The largest absolute Gasteiger partial charge is 0.468 e. The number of esters is 1. The lowest BCUT2D eigenvalue weighted by Crippen LogP contribution is -2.31. The van der Waals surface area contributed by atoms with Gasteiger partial charge in [-0.3, -0.25) is 4.79 Å². The quantitative estimate of drug-likeness (QED) is 0.440. The van der Waals surface area contributed by atoms with Crippen molar-refractivity contribution in [1.82, 2.24) is 0 Å². The first kappa shape index (κ1) is 18.1. The summed E-state index contributed by atoms with van der Waals surface area (Å²) in [4.78, 5) is 12.3. The number of ether oxygens (including phenoxy) is 1. The first-order valence-electron chi connectivity index (χ1n) is 6.51. The molecule has 0 aliphatic heterocycles. The number of rotatable bonds is 3. The number of benzene rings is 1. The van der Waals surface area contributed by atoms with Gasteiger partial charge in [0.05, 0.1) is 7.11 Å². The Labute approximate surface area is 140 Å². The summed E-state index contributed by atoms with van der Waals surface area (Å²) in [5.74, 6) is -8.32. The molecule has 2 rings (SSSR count). The van der Waals surface area contributed by atoms with Crippen LogP contribution < -0.4 is 0 Å². The van der Waals surface area contributed by atoms with E-state index in [1.165, 1.54) is 19.9 Å². The number of carbonyl (C=O) groups is 1. The van der Waals surface area contributed by atoms with Crippen LogP contribution in [0.3, 0.4) is 0 Å². The van der Waals surface area contributed by atoms with Crippen LogP contribution in [0.2, 0.25) is 0 Å². The third-order valence-corrected chi connectivity index (χ3v) is 4.96. The summed E-state index contributed by atoms with van der Waals surface area (Å²) in [7, 11) is 1.01. The first-order chi connectivity index (χ1) is 10.6. The topological polar surface area (TPSA) is 26.3 Å². The maximum absolute atomic E-state index is 14.3. The molecule has 1 aliphatic carbocycles. The Morgan fingerprint density at radius 2 is 1.70 bits per heavy atom. The Bertz CT molecular complexity index is 692. The molecule has 0 bridgehead atoms. The minimum atomic E-state index is -1.98. The van der Waals surface area contributed by atoms with Crippen molar-refractivity contribution in [2.75, 3.05) is 7.11 Å². The van der Waals surface area contributed by atoms with E-state index >= 15 is 0 Å². The van der Waals surface area contributed by atoms with Gasteiger partial charge < -0.3 is 4.74 Å². The molecular weight excluding hydrogens is 359 g/mol. The number of hydrogen-bond donors (Lipinski definition) is 0. The van der Waals surface area contributed by atoms with Crippen molar-refractivity contribution >= 4 is 29.2 Å². The second-order valence-corrected chi connectivity index (χ2v) is 6.59. The van der Waals surface area contributed by atoms with Crippen molar-refractivity contribution in [2.45, 2.75) is 19.3 Å². The van der Waals surface area contributed by atoms with Gasteiger partial charge in [-0.2, -0.15) is 0 Å². The molecule has 126 valence electrons. The molecule has 1 aliphatic rings. The molecule has 0 saturated heterocycles. The van der Waals surface area contributed by atoms with Gasteiger partial charge in [-0.15, -0.1) is 0 Å². The van der Waals surface area contributed by atoms with Crippen LogP contribution in [0, 0.1) is 34.6 Å². The van der Waals surface area contributed by atoms with Gasteiger partial charge in [0, 0.05) is 17.0 Å². The highest BCUT2D eigenvalue weighted by Crippen LogP contribution is 2.72. The average molecular weight is 371 g/mol. The fourth-order valence-corrected chi connectivity index (χ4v) is 3.85. The molecule has 0 aromatic heterocycles. The fraction of sp³-hybridized carbons (Fsp3) is 0.400. The van der Waals surface area contributed by atoms with E-state index in [2.05, 4.69) is 4.74 Å². The monoisotopic (exact) mass is 370 g/mol. The molecule has 1 aromatic carbocycles. The Hall–Kier alpha value is -1.27. The van der Waals surface area contributed by atoms with Crippen LogP contribution in [0.25, 0.3) is 0 Å². The third-order valence-electron chi connectivity index (χ3n) is 4.74. The zero-order valence-electron chi connectivity index (χ0n) is 12.3. The lowest BCUT2D eigenvalue weighted by molar-refractivity contribution is -0.145. The van der Waals surface area contributed by atoms with Gasteiger partial charge in [0.15, 0.2) is 23.3 Å². The van der Waals surface area contributed by atoms with Crippen LogP contribution >= 0.6 is 23.2 Å². The highest BCUT2D eigenvalue weighted by molar-refractivity contribution is 6.55. The van der Waals surface area contributed by atoms with E-state index in [-0.39, 0.29) is 10.6 Å². The smallest absolute Gasteiger partial charge is 0.317 e. The molecule has 2 nitrogen and oxygen atoms in total. The number of halogens is 6. The zero-order valence-corrected chi connectivity index (χ0v) is 13.8. The van der Waals surface area contributed by atoms with E-state index in [9.17, 15) is 22.4 Å². The SMILES string of the molecule is COC(=O)[C@]1(c2c(F)c(F)cc(F)c2F)[C@H](C)C1(C)C=C(Cl)Cl. The van der Waals surface area contributed by atoms with E-state index in [0.29, 0.717) is 0 Å². The molecule has 0 radical (unpaired) electrons. The molecular formula is C15H12Cl2F4O2. The van der Waals surface area contributed by atoms with Crippen molar-refractivity contribution in [3.63, 3.8) is 0 Å². The van der Waals surface area contributed by atoms with Gasteiger partial charge in [-0.25, -0.2) is 17.6 Å². The Morgan fingerprint density at radius 1 is 1.22 bits per heavy atom. The summed E-state index contributed by atoms with van der Waals surface area (Å²) in [6, 6.07) is 0.0773. The van der Waals surface area contributed by atoms with E-state index < -0.39 is 51.5 Å². The third kappa shape index (κ3) is 2.26. The van der Waals surface area contributed by atoms with Crippen LogP contribution in [0.15, 0.2) is 16.6 Å². The summed E-state index contributed by atoms with van der Waals surface area (Å²) < 4.78 is 60.1. The average Bonchev–Trinajstić information content (AvgIpc) is 2.92. The van der Waals surface area contributed by atoms with Crippen molar-refractivity contribution in [3.8, 4) is 0 Å². The maximum Gasteiger partial charge on any atom is 0.317 e. The van der Waals surface area contributed by atoms with Crippen LogP contribution in [-0.4, -0.2) is 13.1 Å². The van der Waals surface area contributed by atoms with Gasteiger partial charge >= 0.3 is 5.97 Å². The van der Waals surface area contributed by atoms with Crippen molar-refractivity contribution < 1.29 is 27.1 Å². The molecule has 1 aromatic rings. The lowest BCUT2D eigenvalue weighted by Gasteiger charge is -2.21. The molecule has 1 unspecified atom stereocenters. The number of methoxy groups -OCH3 is 1. The summed E-state index contributed by atoms with van der Waals surface area (Å²) >= 11 is 11.2.